The van der Waals surface area contributed by atoms with Crippen LogP contribution in [0.15, 0.2) is 42.7 Å². The number of hydrogen-bond donors (Lipinski definition) is 1. The fourth-order valence-electron chi connectivity index (χ4n) is 2.47. The Morgan fingerprint density at radius 1 is 1.30 bits per heavy atom. The number of carbonyl (C=O) groups is 1. The van der Waals surface area contributed by atoms with Gasteiger partial charge in [-0.25, -0.2) is 0 Å². The van der Waals surface area contributed by atoms with Crippen molar-refractivity contribution in [2.24, 2.45) is 5.73 Å². The van der Waals surface area contributed by atoms with Gasteiger partial charge in [0.1, 0.15) is 0 Å². The Labute approximate surface area is 133 Å². The highest BCUT2D eigenvalue weighted by Crippen LogP contribution is 2.18. The van der Waals surface area contributed by atoms with Gasteiger partial charge in [-0.2, -0.15) is 0 Å². The summed E-state index contributed by atoms with van der Waals surface area (Å²) in [6.45, 7) is 1.47. The summed E-state index contributed by atoms with van der Waals surface area (Å²) in [5.41, 5.74) is 7.75. The van der Waals surface area contributed by atoms with Crippen molar-refractivity contribution in [3.63, 3.8) is 0 Å². The van der Waals surface area contributed by atoms with Gasteiger partial charge in [-0.1, -0.05) is 23.4 Å². The highest BCUT2D eigenvalue weighted by Gasteiger charge is 2.16. The summed E-state index contributed by atoms with van der Waals surface area (Å²) >= 11 is 0. The van der Waals surface area contributed by atoms with E-state index in [0.717, 1.165) is 16.5 Å². The molecule has 0 aliphatic rings. The van der Waals surface area contributed by atoms with Crippen molar-refractivity contribution in [1.29, 1.82) is 0 Å². The van der Waals surface area contributed by atoms with Crippen molar-refractivity contribution in [3.8, 4) is 0 Å². The molecule has 0 fully saturated rings. The molecular weight excluding hydrogens is 292 g/mol. The van der Waals surface area contributed by atoms with Crippen LogP contribution in [-0.2, 0) is 13.1 Å². The van der Waals surface area contributed by atoms with E-state index >= 15 is 0 Å². The van der Waals surface area contributed by atoms with Crippen LogP contribution < -0.4 is 5.73 Å². The maximum atomic E-state index is 12.5. The van der Waals surface area contributed by atoms with Gasteiger partial charge in [0.05, 0.1) is 18.3 Å². The topological polar surface area (TPSA) is 89.9 Å². The molecule has 0 aliphatic heterocycles. The van der Waals surface area contributed by atoms with E-state index in [9.17, 15) is 4.79 Å². The SMILES string of the molecule is CN(Cc1cccc2ncccc12)C(=O)c1cn(CCN)nn1. The average Bonchev–Trinajstić information content (AvgIpc) is 3.03. The predicted octanol–water partition coefficient (Wildman–Crippen LogP) is 1.06. The Balaban J connectivity index is 1.79. The third kappa shape index (κ3) is 3.19. The lowest BCUT2D eigenvalue weighted by molar-refractivity contribution is 0.0779. The Morgan fingerprint density at radius 2 is 2.17 bits per heavy atom. The summed E-state index contributed by atoms with van der Waals surface area (Å²) in [5, 5.41) is 8.85. The second-order valence-corrected chi connectivity index (χ2v) is 5.30. The fourth-order valence-corrected chi connectivity index (χ4v) is 2.47. The molecule has 0 atom stereocenters. The summed E-state index contributed by atoms with van der Waals surface area (Å²) in [6, 6.07) is 9.80. The van der Waals surface area contributed by atoms with Crippen LogP contribution in [0.3, 0.4) is 0 Å². The Hall–Kier alpha value is -2.80. The minimum atomic E-state index is -0.172. The monoisotopic (exact) mass is 310 g/mol. The number of nitrogens with zero attached hydrogens (tertiary/aromatic N) is 5. The van der Waals surface area contributed by atoms with Gasteiger partial charge in [-0.15, -0.1) is 5.10 Å². The van der Waals surface area contributed by atoms with Crippen LogP contribution in [-0.4, -0.2) is 44.4 Å². The lowest BCUT2D eigenvalue weighted by atomic mass is 10.1. The number of pyridine rings is 1. The molecule has 23 heavy (non-hydrogen) atoms. The largest absolute Gasteiger partial charge is 0.336 e. The molecule has 118 valence electrons. The van der Waals surface area contributed by atoms with E-state index in [1.54, 1.807) is 29.0 Å². The van der Waals surface area contributed by atoms with Crippen molar-refractivity contribution in [3.05, 3.63) is 54.0 Å². The normalized spacial score (nSPS) is 10.9. The predicted molar refractivity (Wildman–Crippen MR) is 86.6 cm³/mol. The molecule has 0 aliphatic carbocycles. The van der Waals surface area contributed by atoms with Crippen molar-refractivity contribution >= 4 is 16.8 Å². The van der Waals surface area contributed by atoms with Crippen molar-refractivity contribution in [2.45, 2.75) is 13.1 Å². The molecule has 0 unspecified atom stereocenters. The smallest absolute Gasteiger partial charge is 0.276 e. The first-order chi connectivity index (χ1) is 11.2. The Morgan fingerprint density at radius 3 is 3.00 bits per heavy atom. The Bertz CT molecular complexity index is 823. The van der Waals surface area contributed by atoms with Crippen LogP contribution in [0.4, 0.5) is 0 Å². The summed E-state index contributed by atoms with van der Waals surface area (Å²) < 4.78 is 1.57. The molecule has 1 aromatic carbocycles. The summed E-state index contributed by atoms with van der Waals surface area (Å²) in [5.74, 6) is -0.172. The van der Waals surface area contributed by atoms with E-state index in [4.69, 9.17) is 5.73 Å². The number of fused-ring (bicyclic) bond motifs is 1. The van der Waals surface area contributed by atoms with Gasteiger partial charge in [0.25, 0.3) is 5.91 Å². The van der Waals surface area contributed by atoms with Gasteiger partial charge >= 0.3 is 0 Å². The number of amides is 1. The standard InChI is InChI=1S/C16H18N6O/c1-21(16(23)15-11-22(9-7-17)20-19-15)10-12-4-2-6-14-13(12)5-3-8-18-14/h2-6,8,11H,7,9-10,17H2,1H3. The Kier molecular flexibility index (Phi) is 4.29. The van der Waals surface area contributed by atoms with Gasteiger partial charge in [-0.05, 0) is 17.7 Å². The first-order valence-electron chi connectivity index (χ1n) is 7.37. The molecule has 3 aromatic rings. The van der Waals surface area contributed by atoms with Crippen LogP contribution in [0, 0.1) is 0 Å². The lowest BCUT2D eigenvalue weighted by Gasteiger charge is -2.17. The number of benzene rings is 1. The van der Waals surface area contributed by atoms with Gasteiger partial charge < -0.3 is 10.6 Å². The maximum Gasteiger partial charge on any atom is 0.276 e. The number of hydrogen-bond acceptors (Lipinski definition) is 5. The zero-order valence-electron chi connectivity index (χ0n) is 12.9. The second kappa shape index (κ2) is 6.53. The summed E-state index contributed by atoms with van der Waals surface area (Å²) in [7, 11) is 1.75. The van der Waals surface area contributed by atoms with Crippen LogP contribution >= 0.6 is 0 Å². The summed E-state index contributed by atoms with van der Waals surface area (Å²) in [4.78, 5) is 18.4. The molecule has 7 heteroatoms. The number of carbonyl (C=O) groups excluding carboxylic acids is 1. The molecule has 0 saturated carbocycles. The van der Waals surface area contributed by atoms with Gasteiger partial charge in [-0.3, -0.25) is 14.5 Å². The number of nitrogens with two attached hydrogens (primary N) is 1. The van der Waals surface area contributed by atoms with Crippen LogP contribution in [0.5, 0.6) is 0 Å². The third-order valence-corrected chi connectivity index (χ3v) is 3.61. The number of rotatable bonds is 5. The van der Waals surface area contributed by atoms with Gasteiger partial charge in [0.15, 0.2) is 5.69 Å². The maximum absolute atomic E-state index is 12.5. The second-order valence-electron chi connectivity index (χ2n) is 5.30. The molecule has 3 rings (SSSR count). The molecule has 0 saturated heterocycles. The van der Waals surface area contributed by atoms with E-state index < -0.39 is 0 Å². The molecule has 2 aromatic heterocycles. The van der Waals surface area contributed by atoms with Crippen LogP contribution in [0.25, 0.3) is 10.9 Å². The third-order valence-electron chi connectivity index (χ3n) is 3.61. The first kappa shape index (κ1) is 15.1. The van der Waals surface area contributed by atoms with Crippen molar-refractivity contribution in [2.75, 3.05) is 13.6 Å². The molecule has 2 N–H and O–H groups in total. The lowest BCUT2D eigenvalue weighted by Crippen LogP contribution is -2.26. The highest BCUT2D eigenvalue weighted by molar-refractivity contribution is 5.92. The van der Waals surface area contributed by atoms with Crippen molar-refractivity contribution in [1.82, 2.24) is 24.9 Å². The van der Waals surface area contributed by atoms with Crippen LogP contribution in [0.2, 0.25) is 0 Å². The number of aromatic nitrogens is 4. The molecule has 7 nitrogen and oxygen atoms in total. The summed E-state index contributed by atoms with van der Waals surface area (Å²) in [6.07, 6.45) is 3.38. The minimum Gasteiger partial charge on any atom is -0.336 e. The van der Waals surface area contributed by atoms with E-state index in [1.165, 1.54) is 0 Å². The minimum absolute atomic E-state index is 0.172. The van der Waals surface area contributed by atoms with Crippen LogP contribution in [0.1, 0.15) is 16.1 Å². The zero-order chi connectivity index (χ0) is 16.2. The van der Waals surface area contributed by atoms with E-state index in [-0.39, 0.29) is 5.91 Å². The average molecular weight is 310 g/mol. The van der Waals surface area contributed by atoms with Gasteiger partial charge in [0, 0.05) is 31.7 Å². The first-order valence-corrected chi connectivity index (χ1v) is 7.37. The molecule has 0 spiro atoms. The highest BCUT2D eigenvalue weighted by atomic mass is 16.2. The van der Waals surface area contributed by atoms with E-state index in [0.29, 0.717) is 25.3 Å². The molecular formula is C16H18N6O. The quantitative estimate of drug-likeness (QED) is 0.761. The fraction of sp³-hybridized carbons (Fsp3) is 0.250. The molecule has 0 bridgehead atoms. The molecule has 0 radical (unpaired) electrons. The molecule has 1 amide bonds. The van der Waals surface area contributed by atoms with E-state index in [2.05, 4.69) is 15.3 Å². The zero-order valence-corrected chi connectivity index (χ0v) is 12.9. The van der Waals surface area contributed by atoms with Crippen molar-refractivity contribution < 1.29 is 4.79 Å². The molecule has 2 heterocycles. The van der Waals surface area contributed by atoms with Gasteiger partial charge in [0.2, 0.25) is 0 Å². The van der Waals surface area contributed by atoms with E-state index in [1.807, 2.05) is 30.3 Å².